The molecule has 1 aliphatic heterocycles. The van der Waals surface area contributed by atoms with E-state index in [1.807, 2.05) is 18.3 Å². The second-order valence-electron chi connectivity index (χ2n) is 5.96. The molecule has 0 aliphatic carbocycles. The number of nitrogens with one attached hydrogen (secondary N) is 1. The lowest BCUT2D eigenvalue weighted by atomic mass is 10.1. The van der Waals surface area contributed by atoms with Gasteiger partial charge in [0.15, 0.2) is 0 Å². The van der Waals surface area contributed by atoms with Crippen LogP contribution >= 0.6 is 0 Å². The smallest absolute Gasteiger partial charge is 0.256 e. The molecule has 1 saturated heterocycles. The average molecular weight is 284 g/mol. The van der Waals surface area contributed by atoms with Crippen LogP contribution in [-0.2, 0) is 4.74 Å². The Morgan fingerprint density at radius 2 is 2.24 bits per heavy atom. The highest BCUT2D eigenvalue weighted by molar-refractivity contribution is 5.90. The number of rotatable bonds is 2. The van der Waals surface area contributed by atoms with Gasteiger partial charge in [0.05, 0.1) is 5.60 Å². The molecule has 0 radical (unpaired) electrons. The summed E-state index contributed by atoms with van der Waals surface area (Å²) < 4.78 is 11.3. The van der Waals surface area contributed by atoms with Crippen molar-refractivity contribution in [2.24, 2.45) is 0 Å². The normalized spacial score (nSPS) is 21.1. The first kappa shape index (κ1) is 12.5. The minimum absolute atomic E-state index is 0.119. The molecule has 1 aliphatic rings. The summed E-state index contributed by atoms with van der Waals surface area (Å²) in [7, 11) is 0. The number of H-pyrrole nitrogens is 1. The number of aromatic amines is 1. The van der Waals surface area contributed by atoms with E-state index in [1.165, 1.54) is 0 Å². The number of ether oxygens (including phenoxy) is 1. The largest absolute Gasteiger partial charge is 0.363 e. The van der Waals surface area contributed by atoms with Gasteiger partial charge in [-0.15, -0.1) is 0 Å². The van der Waals surface area contributed by atoms with Gasteiger partial charge in [0.1, 0.15) is 11.8 Å². The summed E-state index contributed by atoms with van der Waals surface area (Å²) in [4.78, 5) is 12.0. The Morgan fingerprint density at radius 1 is 1.33 bits per heavy atom. The second-order valence-corrected chi connectivity index (χ2v) is 5.96. The number of nitrogens with zero attached hydrogens (tertiary/aromatic N) is 3. The maximum Gasteiger partial charge on any atom is 0.256 e. The Bertz CT molecular complexity index is 790. The zero-order valence-electron chi connectivity index (χ0n) is 12.0. The SMILES string of the molecule is CC1(C)CCC(c2nc(-c3nccc4[nH]ccc34)no2)O1. The fourth-order valence-corrected chi connectivity index (χ4v) is 2.78. The van der Waals surface area contributed by atoms with E-state index in [0.717, 1.165) is 29.4 Å². The van der Waals surface area contributed by atoms with E-state index in [9.17, 15) is 0 Å². The number of aromatic nitrogens is 4. The molecule has 0 amide bonds. The topological polar surface area (TPSA) is 76.8 Å². The van der Waals surface area contributed by atoms with Crippen LogP contribution in [0.1, 0.15) is 38.7 Å². The van der Waals surface area contributed by atoms with Crippen LogP contribution in [0.4, 0.5) is 0 Å². The molecule has 0 aromatic carbocycles. The van der Waals surface area contributed by atoms with Crippen LogP contribution in [0.2, 0.25) is 0 Å². The van der Waals surface area contributed by atoms with Crippen molar-refractivity contribution in [3.8, 4) is 11.5 Å². The van der Waals surface area contributed by atoms with Crippen molar-refractivity contribution in [2.45, 2.75) is 38.4 Å². The molecule has 0 spiro atoms. The van der Waals surface area contributed by atoms with E-state index in [-0.39, 0.29) is 11.7 Å². The average Bonchev–Trinajstić information content (AvgIpc) is 3.15. The van der Waals surface area contributed by atoms with Gasteiger partial charge in [0, 0.05) is 23.3 Å². The summed E-state index contributed by atoms with van der Waals surface area (Å²) in [5.74, 6) is 1.04. The van der Waals surface area contributed by atoms with E-state index in [2.05, 4.69) is 34.0 Å². The molecule has 0 bridgehead atoms. The van der Waals surface area contributed by atoms with E-state index >= 15 is 0 Å². The fraction of sp³-hybridized carbons (Fsp3) is 0.400. The van der Waals surface area contributed by atoms with Crippen LogP contribution in [0.15, 0.2) is 29.0 Å². The van der Waals surface area contributed by atoms with Crippen molar-refractivity contribution in [1.82, 2.24) is 20.1 Å². The van der Waals surface area contributed by atoms with Gasteiger partial charge in [-0.3, -0.25) is 4.98 Å². The molecule has 108 valence electrons. The molecule has 1 atom stereocenters. The van der Waals surface area contributed by atoms with Crippen LogP contribution in [0.25, 0.3) is 22.4 Å². The highest BCUT2D eigenvalue weighted by atomic mass is 16.5. The zero-order chi connectivity index (χ0) is 14.4. The van der Waals surface area contributed by atoms with E-state index in [0.29, 0.717) is 11.7 Å². The van der Waals surface area contributed by atoms with Gasteiger partial charge in [0.2, 0.25) is 5.82 Å². The van der Waals surface area contributed by atoms with Gasteiger partial charge in [-0.1, -0.05) is 5.16 Å². The predicted molar refractivity (Wildman–Crippen MR) is 76.5 cm³/mol. The van der Waals surface area contributed by atoms with Crippen LogP contribution in [0, 0.1) is 0 Å². The lowest BCUT2D eigenvalue weighted by Crippen LogP contribution is -2.17. The molecule has 6 nitrogen and oxygen atoms in total. The molecule has 3 aromatic rings. The molecule has 21 heavy (non-hydrogen) atoms. The van der Waals surface area contributed by atoms with E-state index in [1.54, 1.807) is 6.20 Å². The first-order chi connectivity index (χ1) is 10.1. The van der Waals surface area contributed by atoms with Crippen molar-refractivity contribution < 1.29 is 9.26 Å². The molecule has 1 unspecified atom stereocenters. The number of hydrogen-bond acceptors (Lipinski definition) is 5. The van der Waals surface area contributed by atoms with Crippen molar-refractivity contribution in [2.75, 3.05) is 0 Å². The Hall–Kier alpha value is -2.21. The summed E-state index contributed by atoms with van der Waals surface area (Å²) in [5, 5.41) is 5.05. The van der Waals surface area contributed by atoms with Gasteiger partial charge in [-0.05, 0) is 38.8 Å². The Balaban J connectivity index is 1.70. The minimum atomic E-state index is -0.127. The molecular weight excluding hydrogens is 268 g/mol. The molecule has 3 aromatic heterocycles. The van der Waals surface area contributed by atoms with Gasteiger partial charge in [0.25, 0.3) is 5.89 Å². The second kappa shape index (κ2) is 4.39. The lowest BCUT2D eigenvalue weighted by molar-refractivity contribution is -0.0292. The fourth-order valence-electron chi connectivity index (χ4n) is 2.78. The highest BCUT2D eigenvalue weighted by Gasteiger charge is 2.36. The van der Waals surface area contributed by atoms with Crippen LogP contribution in [0.5, 0.6) is 0 Å². The Labute approximate surface area is 121 Å². The highest BCUT2D eigenvalue weighted by Crippen LogP contribution is 2.38. The third kappa shape index (κ3) is 2.12. The maximum absolute atomic E-state index is 5.93. The van der Waals surface area contributed by atoms with Gasteiger partial charge >= 0.3 is 0 Å². The summed E-state index contributed by atoms with van der Waals surface area (Å²) >= 11 is 0. The number of fused-ring (bicyclic) bond motifs is 1. The third-order valence-electron chi connectivity index (χ3n) is 3.88. The molecule has 4 heterocycles. The van der Waals surface area contributed by atoms with Crippen LogP contribution in [0.3, 0.4) is 0 Å². The van der Waals surface area contributed by atoms with Crippen molar-refractivity contribution in [3.05, 3.63) is 30.4 Å². The van der Waals surface area contributed by atoms with Crippen molar-refractivity contribution >= 4 is 10.9 Å². The summed E-state index contributed by atoms with van der Waals surface area (Å²) in [5.41, 5.74) is 1.60. The van der Waals surface area contributed by atoms with E-state index in [4.69, 9.17) is 9.26 Å². The molecule has 1 fully saturated rings. The van der Waals surface area contributed by atoms with Gasteiger partial charge in [-0.2, -0.15) is 4.98 Å². The minimum Gasteiger partial charge on any atom is -0.363 e. The first-order valence-corrected chi connectivity index (χ1v) is 7.06. The molecule has 0 saturated carbocycles. The number of hydrogen-bond donors (Lipinski definition) is 1. The zero-order valence-corrected chi connectivity index (χ0v) is 12.0. The number of pyridine rings is 1. The summed E-state index contributed by atoms with van der Waals surface area (Å²) in [6.07, 6.45) is 5.38. The third-order valence-corrected chi connectivity index (χ3v) is 3.88. The van der Waals surface area contributed by atoms with Gasteiger partial charge < -0.3 is 14.2 Å². The van der Waals surface area contributed by atoms with Gasteiger partial charge in [-0.25, -0.2) is 0 Å². The van der Waals surface area contributed by atoms with E-state index < -0.39 is 0 Å². The van der Waals surface area contributed by atoms with Crippen molar-refractivity contribution in [3.63, 3.8) is 0 Å². The van der Waals surface area contributed by atoms with Crippen molar-refractivity contribution in [1.29, 1.82) is 0 Å². The molecule has 1 N–H and O–H groups in total. The Kier molecular flexibility index (Phi) is 2.62. The lowest BCUT2D eigenvalue weighted by Gasteiger charge is -2.17. The summed E-state index contributed by atoms with van der Waals surface area (Å²) in [6.45, 7) is 4.15. The van der Waals surface area contributed by atoms with Crippen LogP contribution in [-0.4, -0.2) is 25.7 Å². The molecule has 4 rings (SSSR count). The standard InChI is InChI=1S/C15H16N4O2/c1-15(2)6-3-11(20-15)14-18-13(19-21-14)12-9-4-7-16-10(9)5-8-17-12/h4-5,7-8,11,16H,3,6H2,1-2H3. The predicted octanol–water partition coefficient (Wildman–Crippen LogP) is 3.24. The Morgan fingerprint density at radius 3 is 3.05 bits per heavy atom. The molecular formula is C15H16N4O2. The maximum atomic E-state index is 5.93. The summed E-state index contributed by atoms with van der Waals surface area (Å²) in [6, 6.07) is 3.88. The first-order valence-electron chi connectivity index (χ1n) is 7.06. The monoisotopic (exact) mass is 284 g/mol. The van der Waals surface area contributed by atoms with Crippen LogP contribution < -0.4 is 0 Å². The molecule has 6 heteroatoms. The quantitative estimate of drug-likeness (QED) is 0.781.